The van der Waals surface area contributed by atoms with Crippen LogP contribution in [-0.4, -0.2) is 29.3 Å². The molecule has 1 atom stereocenters. The summed E-state index contributed by atoms with van der Waals surface area (Å²) in [4.78, 5) is 0. The zero-order valence-electron chi connectivity index (χ0n) is 5.91. The monoisotopic (exact) mass is 176 g/mol. The molecule has 1 saturated heterocycles. The van der Waals surface area contributed by atoms with E-state index < -0.39 is 0 Å². The third kappa shape index (κ3) is 2.99. The van der Waals surface area contributed by atoms with Gasteiger partial charge in [-0.2, -0.15) is 0 Å². The maximum atomic E-state index is 5.31. The highest BCUT2D eigenvalue weighted by molar-refractivity contribution is 8.19. The summed E-state index contributed by atoms with van der Waals surface area (Å²) < 4.78 is 5.31. The first kappa shape index (κ1) is 8.50. The topological polar surface area (TPSA) is 9.23 Å². The van der Waals surface area contributed by atoms with Gasteiger partial charge in [-0.3, -0.25) is 0 Å². The predicted octanol–water partition coefficient (Wildman–Crippen LogP) is 2.00. The lowest BCUT2D eigenvalue weighted by Gasteiger charge is -2.05. The van der Waals surface area contributed by atoms with E-state index in [1.165, 1.54) is 10.8 Å². The van der Waals surface area contributed by atoms with Crippen molar-refractivity contribution >= 4 is 23.5 Å². The molecule has 1 fully saturated rings. The molecule has 1 aliphatic rings. The SMILES string of the molecule is C=CCOCC1CSCS1. The van der Waals surface area contributed by atoms with E-state index in [9.17, 15) is 0 Å². The van der Waals surface area contributed by atoms with Crippen molar-refractivity contribution in [1.29, 1.82) is 0 Å². The minimum Gasteiger partial charge on any atom is -0.376 e. The standard InChI is InChI=1S/C7H12OS2/c1-2-3-8-4-7-5-9-6-10-7/h2,7H,1,3-6H2. The number of hydrogen-bond acceptors (Lipinski definition) is 3. The first-order valence-corrected chi connectivity index (χ1v) is 5.52. The summed E-state index contributed by atoms with van der Waals surface area (Å²) in [5.74, 6) is 1.25. The summed E-state index contributed by atoms with van der Waals surface area (Å²) >= 11 is 3.99. The Morgan fingerprint density at radius 2 is 2.60 bits per heavy atom. The van der Waals surface area contributed by atoms with Gasteiger partial charge in [0.05, 0.1) is 13.2 Å². The van der Waals surface area contributed by atoms with Gasteiger partial charge < -0.3 is 4.74 Å². The van der Waals surface area contributed by atoms with Crippen molar-refractivity contribution < 1.29 is 4.74 Å². The van der Waals surface area contributed by atoms with Crippen molar-refractivity contribution in [3.05, 3.63) is 12.7 Å². The Hall–Kier alpha value is 0.400. The maximum absolute atomic E-state index is 5.31. The summed E-state index contributed by atoms with van der Waals surface area (Å²) in [6.45, 7) is 5.18. The normalized spacial score (nSPS) is 25.0. The van der Waals surface area contributed by atoms with Crippen LogP contribution < -0.4 is 0 Å². The van der Waals surface area contributed by atoms with Crippen molar-refractivity contribution in [1.82, 2.24) is 0 Å². The van der Waals surface area contributed by atoms with Gasteiger partial charge in [0.25, 0.3) is 0 Å². The third-order valence-corrected chi connectivity index (χ3v) is 4.06. The van der Waals surface area contributed by atoms with Gasteiger partial charge in [0.2, 0.25) is 0 Å². The van der Waals surface area contributed by atoms with Crippen LogP contribution in [0.1, 0.15) is 0 Å². The summed E-state index contributed by atoms with van der Waals surface area (Å²) in [6.07, 6.45) is 1.80. The molecule has 1 heterocycles. The Morgan fingerprint density at radius 1 is 1.70 bits per heavy atom. The van der Waals surface area contributed by atoms with E-state index in [4.69, 9.17) is 4.74 Å². The second-order valence-electron chi connectivity index (χ2n) is 2.10. The van der Waals surface area contributed by atoms with Gasteiger partial charge in [0, 0.05) is 16.1 Å². The van der Waals surface area contributed by atoms with E-state index in [1.807, 2.05) is 23.5 Å². The Bertz CT molecular complexity index is 99.8. The van der Waals surface area contributed by atoms with Crippen LogP contribution in [0.15, 0.2) is 12.7 Å². The molecule has 0 saturated carbocycles. The molecular weight excluding hydrogens is 164 g/mol. The number of hydrogen-bond donors (Lipinski definition) is 0. The first-order valence-electron chi connectivity index (χ1n) is 3.31. The molecule has 58 valence electrons. The van der Waals surface area contributed by atoms with Gasteiger partial charge in [-0.1, -0.05) is 6.08 Å². The predicted molar refractivity (Wildman–Crippen MR) is 49.7 cm³/mol. The largest absolute Gasteiger partial charge is 0.376 e. The number of rotatable bonds is 4. The molecule has 0 bridgehead atoms. The minimum absolute atomic E-state index is 0.696. The Morgan fingerprint density at radius 3 is 3.20 bits per heavy atom. The van der Waals surface area contributed by atoms with Gasteiger partial charge in [0.1, 0.15) is 0 Å². The Balaban J connectivity index is 1.96. The summed E-state index contributed by atoms with van der Waals surface area (Å²) in [5, 5.41) is 1.97. The Kier molecular flexibility index (Phi) is 4.34. The van der Waals surface area contributed by atoms with Crippen molar-refractivity contribution in [2.24, 2.45) is 0 Å². The Labute approximate surface area is 70.6 Å². The van der Waals surface area contributed by atoms with E-state index in [1.54, 1.807) is 6.08 Å². The molecule has 3 heteroatoms. The van der Waals surface area contributed by atoms with Crippen LogP contribution in [0.4, 0.5) is 0 Å². The zero-order valence-corrected chi connectivity index (χ0v) is 7.55. The van der Waals surface area contributed by atoms with E-state index in [0.29, 0.717) is 6.61 Å². The van der Waals surface area contributed by atoms with Crippen molar-refractivity contribution in [2.75, 3.05) is 24.1 Å². The van der Waals surface area contributed by atoms with Crippen LogP contribution in [0.2, 0.25) is 0 Å². The van der Waals surface area contributed by atoms with E-state index in [-0.39, 0.29) is 0 Å². The number of ether oxygens (including phenoxy) is 1. The second-order valence-corrected chi connectivity index (χ2v) is 4.79. The highest BCUT2D eigenvalue weighted by atomic mass is 32.2. The number of thioether (sulfide) groups is 2. The molecule has 0 radical (unpaired) electrons. The van der Waals surface area contributed by atoms with E-state index >= 15 is 0 Å². The second kappa shape index (κ2) is 5.10. The highest BCUT2D eigenvalue weighted by Gasteiger charge is 2.15. The van der Waals surface area contributed by atoms with Gasteiger partial charge in [-0.05, 0) is 0 Å². The lowest BCUT2D eigenvalue weighted by Crippen LogP contribution is -2.10. The quantitative estimate of drug-likeness (QED) is 0.479. The molecule has 1 nitrogen and oxygen atoms in total. The lowest BCUT2D eigenvalue weighted by atomic mass is 10.5. The first-order chi connectivity index (χ1) is 4.93. The molecule has 0 aromatic carbocycles. The zero-order chi connectivity index (χ0) is 7.23. The molecule has 0 amide bonds. The fourth-order valence-electron chi connectivity index (χ4n) is 0.751. The molecule has 1 aliphatic heterocycles. The average Bonchev–Trinajstić information content (AvgIpc) is 2.41. The molecule has 0 aromatic heterocycles. The highest BCUT2D eigenvalue weighted by Crippen LogP contribution is 2.29. The van der Waals surface area contributed by atoms with Crippen LogP contribution in [0.5, 0.6) is 0 Å². The van der Waals surface area contributed by atoms with Crippen LogP contribution in [0.25, 0.3) is 0 Å². The van der Waals surface area contributed by atoms with Gasteiger partial charge in [-0.25, -0.2) is 0 Å². The smallest absolute Gasteiger partial charge is 0.0645 e. The van der Waals surface area contributed by atoms with Gasteiger partial charge >= 0.3 is 0 Å². The van der Waals surface area contributed by atoms with Crippen LogP contribution in [0, 0.1) is 0 Å². The van der Waals surface area contributed by atoms with Crippen molar-refractivity contribution in [2.45, 2.75) is 5.25 Å². The van der Waals surface area contributed by atoms with E-state index in [0.717, 1.165) is 11.9 Å². The molecule has 1 rings (SSSR count). The van der Waals surface area contributed by atoms with E-state index in [2.05, 4.69) is 6.58 Å². The fourth-order valence-corrected chi connectivity index (χ4v) is 3.52. The minimum atomic E-state index is 0.696. The van der Waals surface area contributed by atoms with Crippen LogP contribution in [0.3, 0.4) is 0 Å². The summed E-state index contributed by atoms with van der Waals surface area (Å²) in [6, 6.07) is 0. The lowest BCUT2D eigenvalue weighted by molar-refractivity contribution is 0.167. The average molecular weight is 176 g/mol. The molecule has 10 heavy (non-hydrogen) atoms. The van der Waals surface area contributed by atoms with Crippen molar-refractivity contribution in [3.8, 4) is 0 Å². The molecular formula is C7H12OS2. The fraction of sp³-hybridized carbons (Fsp3) is 0.714. The summed E-state index contributed by atoms with van der Waals surface area (Å²) in [5.41, 5.74) is 0. The molecule has 0 aromatic rings. The third-order valence-electron chi connectivity index (χ3n) is 1.23. The van der Waals surface area contributed by atoms with Crippen LogP contribution >= 0.6 is 23.5 Å². The maximum Gasteiger partial charge on any atom is 0.0645 e. The van der Waals surface area contributed by atoms with Crippen LogP contribution in [-0.2, 0) is 4.74 Å². The van der Waals surface area contributed by atoms with Crippen molar-refractivity contribution in [3.63, 3.8) is 0 Å². The molecule has 0 N–H and O–H groups in total. The summed E-state index contributed by atoms with van der Waals surface area (Å²) in [7, 11) is 0. The van der Waals surface area contributed by atoms with Gasteiger partial charge in [-0.15, -0.1) is 30.1 Å². The molecule has 0 spiro atoms. The van der Waals surface area contributed by atoms with Gasteiger partial charge in [0.15, 0.2) is 0 Å². The molecule has 0 aliphatic carbocycles. The molecule has 1 unspecified atom stereocenters.